The van der Waals surface area contributed by atoms with E-state index >= 15 is 0 Å². The molecule has 0 aliphatic carbocycles. The van der Waals surface area contributed by atoms with Gasteiger partial charge >= 0.3 is 0 Å². The van der Waals surface area contributed by atoms with Gasteiger partial charge in [-0.25, -0.2) is 0 Å². The number of thiophene rings is 2. The fraction of sp³-hybridized carbons (Fsp3) is 0.333. The van der Waals surface area contributed by atoms with Gasteiger partial charge in [0.1, 0.15) is 0 Å². The van der Waals surface area contributed by atoms with Crippen molar-refractivity contribution < 1.29 is 0 Å². The second kappa shape index (κ2) is 6.80. The quantitative estimate of drug-likeness (QED) is 0.698. The maximum atomic E-state index is 2.17. The molecule has 0 aliphatic heterocycles. The molecule has 0 unspecified atom stereocenters. The molecule has 0 nitrogen and oxygen atoms in total. The number of hydrogen-bond acceptors (Lipinski definition) is 2. The first-order valence-electron chi connectivity index (χ1n) is 4.91. The summed E-state index contributed by atoms with van der Waals surface area (Å²) >= 11 is 3.65. The molecule has 14 heavy (non-hydrogen) atoms. The summed E-state index contributed by atoms with van der Waals surface area (Å²) < 4.78 is 0. The third kappa shape index (κ3) is 4.07. The van der Waals surface area contributed by atoms with Crippen molar-refractivity contribution >= 4 is 22.7 Å². The first kappa shape index (κ1) is 11.5. The normalized spacial score (nSPS) is 9.29. The third-order valence-electron chi connectivity index (χ3n) is 1.86. The van der Waals surface area contributed by atoms with Gasteiger partial charge in [-0.1, -0.05) is 26.0 Å². The molecule has 2 aromatic heterocycles. The number of aryl methyl sites for hydroxylation is 2. The standard InChI is InChI=1S/2C6H8S/c2*1-2-6-4-3-5-7-6/h2*3-5H,2H2,1H3. The molecule has 2 heterocycles. The maximum absolute atomic E-state index is 2.17. The molecule has 0 fully saturated rings. The molecule has 0 aromatic carbocycles. The largest absolute Gasteiger partial charge is 0.149 e. The average Bonchev–Trinajstić information content (AvgIpc) is 2.92. The lowest BCUT2D eigenvalue weighted by Gasteiger charge is -1.78. The van der Waals surface area contributed by atoms with Crippen LogP contribution in [0.1, 0.15) is 23.6 Å². The Kier molecular flexibility index (Phi) is 5.57. The Hall–Kier alpha value is -0.600. The van der Waals surface area contributed by atoms with E-state index in [2.05, 4.69) is 48.9 Å². The van der Waals surface area contributed by atoms with Crippen molar-refractivity contribution in [1.82, 2.24) is 0 Å². The van der Waals surface area contributed by atoms with E-state index < -0.39 is 0 Å². The van der Waals surface area contributed by atoms with E-state index in [9.17, 15) is 0 Å². The molecule has 0 bridgehead atoms. The molecule has 2 aromatic rings. The fourth-order valence-corrected chi connectivity index (χ4v) is 2.34. The second-order valence-electron chi connectivity index (χ2n) is 2.87. The second-order valence-corrected chi connectivity index (χ2v) is 4.93. The molecule has 0 aliphatic rings. The van der Waals surface area contributed by atoms with Gasteiger partial charge in [-0.05, 0) is 35.7 Å². The minimum Gasteiger partial charge on any atom is -0.149 e. The Balaban J connectivity index is 0.000000140. The van der Waals surface area contributed by atoms with Crippen molar-refractivity contribution in [2.75, 3.05) is 0 Å². The lowest BCUT2D eigenvalue weighted by molar-refractivity contribution is 1.19. The predicted molar refractivity (Wildman–Crippen MR) is 67.4 cm³/mol. The minimum absolute atomic E-state index is 1.18. The van der Waals surface area contributed by atoms with E-state index in [0.717, 1.165) is 0 Å². The summed E-state index contributed by atoms with van der Waals surface area (Å²) in [6.07, 6.45) is 2.36. The molecular weight excluding hydrogens is 208 g/mol. The van der Waals surface area contributed by atoms with E-state index in [0.29, 0.717) is 0 Å². The lowest BCUT2D eigenvalue weighted by atomic mass is 10.4. The maximum Gasteiger partial charge on any atom is 0.00424 e. The summed E-state index contributed by atoms with van der Waals surface area (Å²) in [5, 5.41) is 4.22. The summed E-state index contributed by atoms with van der Waals surface area (Å²) in [5.74, 6) is 0. The molecule has 0 spiro atoms. The van der Waals surface area contributed by atoms with E-state index in [-0.39, 0.29) is 0 Å². The van der Waals surface area contributed by atoms with Crippen LogP contribution in [0.15, 0.2) is 35.0 Å². The molecular formula is C12H16S2. The Morgan fingerprint density at radius 3 is 1.43 bits per heavy atom. The van der Waals surface area contributed by atoms with E-state index in [1.165, 1.54) is 22.6 Å². The van der Waals surface area contributed by atoms with Crippen LogP contribution >= 0.6 is 22.7 Å². The first-order chi connectivity index (χ1) is 6.86. The topological polar surface area (TPSA) is 0 Å². The summed E-state index contributed by atoms with van der Waals surface area (Å²) in [6.45, 7) is 4.34. The molecule has 0 N–H and O–H groups in total. The van der Waals surface area contributed by atoms with Crippen LogP contribution in [0.5, 0.6) is 0 Å². The molecule has 76 valence electrons. The minimum atomic E-state index is 1.18. The highest BCUT2D eigenvalue weighted by molar-refractivity contribution is 7.10. The molecule has 2 heteroatoms. The van der Waals surface area contributed by atoms with Gasteiger partial charge in [0.05, 0.1) is 0 Å². The Morgan fingerprint density at radius 1 is 0.857 bits per heavy atom. The monoisotopic (exact) mass is 224 g/mol. The van der Waals surface area contributed by atoms with Crippen molar-refractivity contribution in [3.05, 3.63) is 44.8 Å². The zero-order valence-electron chi connectivity index (χ0n) is 8.69. The van der Waals surface area contributed by atoms with Crippen LogP contribution in [0.25, 0.3) is 0 Å². The van der Waals surface area contributed by atoms with Crippen LogP contribution < -0.4 is 0 Å². The van der Waals surface area contributed by atoms with E-state index in [4.69, 9.17) is 0 Å². The summed E-state index contributed by atoms with van der Waals surface area (Å²) in [6, 6.07) is 8.49. The SMILES string of the molecule is CCc1cccs1.CCc1cccs1. The number of rotatable bonds is 2. The van der Waals surface area contributed by atoms with Crippen LogP contribution in [0.3, 0.4) is 0 Å². The number of hydrogen-bond donors (Lipinski definition) is 0. The van der Waals surface area contributed by atoms with Crippen LogP contribution in [0, 0.1) is 0 Å². The zero-order valence-corrected chi connectivity index (χ0v) is 10.3. The van der Waals surface area contributed by atoms with Crippen molar-refractivity contribution in [3.8, 4) is 0 Å². The summed E-state index contributed by atoms with van der Waals surface area (Å²) in [7, 11) is 0. The van der Waals surface area contributed by atoms with Gasteiger partial charge in [0, 0.05) is 9.75 Å². The molecule has 2 rings (SSSR count). The summed E-state index contributed by atoms with van der Waals surface area (Å²) in [4.78, 5) is 2.94. The highest BCUT2D eigenvalue weighted by Crippen LogP contribution is 2.07. The molecule has 0 atom stereocenters. The van der Waals surface area contributed by atoms with E-state index in [1.807, 2.05) is 22.7 Å². The predicted octanol–water partition coefficient (Wildman–Crippen LogP) is 4.62. The van der Waals surface area contributed by atoms with Gasteiger partial charge in [0.15, 0.2) is 0 Å². The van der Waals surface area contributed by atoms with E-state index in [1.54, 1.807) is 0 Å². The molecule has 0 saturated heterocycles. The van der Waals surface area contributed by atoms with Gasteiger partial charge < -0.3 is 0 Å². The third-order valence-corrected chi connectivity index (χ3v) is 3.90. The van der Waals surface area contributed by atoms with Gasteiger partial charge in [0.25, 0.3) is 0 Å². The van der Waals surface area contributed by atoms with Crippen LogP contribution in [0.2, 0.25) is 0 Å². The Morgan fingerprint density at radius 2 is 1.29 bits per heavy atom. The fourth-order valence-electron chi connectivity index (χ4n) is 1.03. The highest BCUT2D eigenvalue weighted by atomic mass is 32.1. The van der Waals surface area contributed by atoms with Crippen molar-refractivity contribution in [2.45, 2.75) is 26.7 Å². The molecule has 0 saturated carbocycles. The van der Waals surface area contributed by atoms with Crippen LogP contribution in [-0.4, -0.2) is 0 Å². The molecule has 0 radical (unpaired) electrons. The van der Waals surface area contributed by atoms with Gasteiger partial charge in [-0.15, -0.1) is 22.7 Å². The lowest BCUT2D eigenvalue weighted by Crippen LogP contribution is -1.63. The Labute approximate surface area is 94.2 Å². The van der Waals surface area contributed by atoms with Crippen molar-refractivity contribution in [3.63, 3.8) is 0 Å². The average molecular weight is 224 g/mol. The highest BCUT2D eigenvalue weighted by Gasteiger charge is 1.83. The molecule has 0 amide bonds. The van der Waals surface area contributed by atoms with Crippen molar-refractivity contribution in [2.24, 2.45) is 0 Å². The van der Waals surface area contributed by atoms with Gasteiger partial charge in [0.2, 0.25) is 0 Å². The summed E-state index contributed by atoms with van der Waals surface area (Å²) in [5.41, 5.74) is 0. The smallest absolute Gasteiger partial charge is 0.00424 e. The first-order valence-corrected chi connectivity index (χ1v) is 6.67. The van der Waals surface area contributed by atoms with Crippen LogP contribution in [0.4, 0.5) is 0 Å². The van der Waals surface area contributed by atoms with Crippen LogP contribution in [-0.2, 0) is 12.8 Å². The Bertz CT molecular complexity index is 272. The van der Waals surface area contributed by atoms with Gasteiger partial charge in [-0.3, -0.25) is 0 Å². The zero-order chi connectivity index (χ0) is 10.2. The van der Waals surface area contributed by atoms with Gasteiger partial charge in [-0.2, -0.15) is 0 Å². The van der Waals surface area contributed by atoms with Crippen molar-refractivity contribution in [1.29, 1.82) is 0 Å².